The number of pyridine rings is 1. The maximum atomic E-state index is 6.36. The van der Waals surface area contributed by atoms with E-state index < -0.39 is 0 Å². The number of rotatable bonds is 7. The molecule has 4 heteroatoms. The Hall–Kier alpha value is -1.91. The van der Waals surface area contributed by atoms with Crippen LogP contribution in [0.3, 0.4) is 0 Å². The fourth-order valence-electron chi connectivity index (χ4n) is 2.22. The van der Waals surface area contributed by atoms with Crippen molar-refractivity contribution in [2.45, 2.75) is 25.5 Å². The van der Waals surface area contributed by atoms with Crippen LogP contribution in [0.25, 0.3) is 0 Å². The minimum atomic E-state index is -0.296. The van der Waals surface area contributed by atoms with Crippen molar-refractivity contribution in [1.82, 2.24) is 4.98 Å². The van der Waals surface area contributed by atoms with Crippen molar-refractivity contribution in [3.05, 3.63) is 59.9 Å². The lowest BCUT2D eigenvalue weighted by molar-refractivity contribution is 0.0800. The number of benzene rings is 1. The molecule has 1 aromatic heterocycles. The number of ether oxygens (including phenoxy) is 2. The first-order valence-corrected chi connectivity index (χ1v) is 7.17. The highest BCUT2D eigenvalue weighted by atomic mass is 16.5. The quantitative estimate of drug-likeness (QED) is 0.848. The Morgan fingerprint density at radius 1 is 1.14 bits per heavy atom. The molecule has 2 rings (SSSR count). The van der Waals surface area contributed by atoms with Crippen LogP contribution < -0.4 is 10.5 Å². The predicted octanol–water partition coefficient (Wildman–Crippen LogP) is 3.26. The Morgan fingerprint density at radius 2 is 1.90 bits per heavy atom. The van der Waals surface area contributed by atoms with Crippen LogP contribution in [-0.2, 0) is 4.74 Å². The highest BCUT2D eigenvalue weighted by molar-refractivity contribution is 5.29. The van der Waals surface area contributed by atoms with E-state index in [9.17, 15) is 0 Å². The third kappa shape index (κ3) is 4.03. The molecule has 0 aliphatic heterocycles. The van der Waals surface area contributed by atoms with E-state index in [1.807, 2.05) is 36.4 Å². The number of hydrogen-bond acceptors (Lipinski definition) is 4. The van der Waals surface area contributed by atoms with Crippen molar-refractivity contribution in [3.8, 4) is 5.75 Å². The molecule has 0 bridgehead atoms. The molecule has 2 unspecified atom stereocenters. The van der Waals surface area contributed by atoms with Crippen molar-refractivity contribution in [2.24, 2.45) is 5.73 Å². The fourth-order valence-corrected chi connectivity index (χ4v) is 2.22. The molecule has 0 fully saturated rings. The third-order valence-corrected chi connectivity index (χ3v) is 3.30. The van der Waals surface area contributed by atoms with E-state index in [2.05, 4.69) is 11.9 Å². The van der Waals surface area contributed by atoms with Crippen LogP contribution in [0.4, 0.5) is 0 Å². The van der Waals surface area contributed by atoms with E-state index in [4.69, 9.17) is 15.2 Å². The summed E-state index contributed by atoms with van der Waals surface area (Å²) in [4.78, 5) is 4.21. The molecule has 21 heavy (non-hydrogen) atoms. The molecule has 0 saturated carbocycles. The standard InChI is InChI=1S/C17H22N2O2/c1-3-9-21-15-10-14(11-19-12-15)16(18)17(20-2)13-7-5-4-6-8-13/h4-8,10-12,16-17H,3,9,18H2,1-2H3. The lowest BCUT2D eigenvalue weighted by Crippen LogP contribution is -2.21. The zero-order valence-corrected chi connectivity index (χ0v) is 12.5. The summed E-state index contributed by atoms with van der Waals surface area (Å²) in [6.45, 7) is 2.74. The van der Waals surface area contributed by atoms with Gasteiger partial charge in [-0.1, -0.05) is 37.3 Å². The average Bonchev–Trinajstić information content (AvgIpc) is 2.55. The summed E-state index contributed by atoms with van der Waals surface area (Å²) in [5, 5.41) is 0. The Morgan fingerprint density at radius 3 is 2.57 bits per heavy atom. The fraction of sp³-hybridized carbons (Fsp3) is 0.353. The van der Waals surface area contributed by atoms with Gasteiger partial charge in [0.1, 0.15) is 11.9 Å². The van der Waals surface area contributed by atoms with E-state index in [1.165, 1.54) is 0 Å². The van der Waals surface area contributed by atoms with Crippen molar-refractivity contribution < 1.29 is 9.47 Å². The molecule has 2 aromatic rings. The smallest absolute Gasteiger partial charge is 0.137 e. The van der Waals surface area contributed by atoms with Gasteiger partial charge in [0.25, 0.3) is 0 Å². The first kappa shape index (κ1) is 15.5. The minimum absolute atomic E-state index is 0.213. The highest BCUT2D eigenvalue weighted by Gasteiger charge is 2.21. The van der Waals surface area contributed by atoms with Crippen molar-refractivity contribution in [2.75, 3.05) is 13.7 Å². The molecule has 0 aliphatic rings. The predicted molar refractivity (Wildman–Crippen MR) is 83.1 cm³/mol. The molecule has 0 saturated heterocycles. The van der Waals surface area contributed by atoms with Gasteiger partial charge in [-0.2, -0.15) is 0 Å². The van der Waals surface area contributed by atoms with Gasteiger partial charge in [-0.25, -0.2) is 0 Å². The van der Waals surface area contributed by atoms with Crippen LogP contribution >= 0.6 is 0 Å². The number of hydrogen-bond donors (Lipinski definition) is 1. The summed E-state index contributed by atoms with van der Waals surface area (Å²) in [7, 11) is 1.67. The minimum Gasteiger partial charge on any atom is -0.492 e. The maximum Gasteiger partial charge on any atom is 0.137 e. The summed E-state index contributed by atoms with van der Waals surface area (Å²) in [6, 6.07) is 11.6. The first-order valence-electron chi connectivity index (χ1n) is 7.17. The summed E-state index contributed by atoms with van der Waals surface area (Å²) in [5.74, 6) is 0.743. The second-order valence-corrected chi connectivity index (χ2v) is 4.90. The Balaban J connectivity index is 2.19. The van der Waals surface area contributed by atoms with Gasteiger partial charge in [0, 0.05) is 13.3 Å². The van der Waals surface area contributed by atoms with Gasteiger partial charge in [0.05, 0.1) is 18.8 Å². The Kier molecular flexibility index (Phi) is 5.72. The van der Waals surface area contributed by atoms with Gasteiger partial charge in [0.2, 0.25) is 0 Å². The van der Waals surface area contributed by atoms with Crippen LogP contribution in [0.2, 0.25) is 0 Å². The van der Waals surface area contributed by atoms with E-state index in [0.717, 1.165) is 23.3 Å². The van der Waals surface area contributed by atoms with Crippen molar-refractivity contribution in [1.29, 1.82) is 0 Å². The highest BCUT2D eigenvalue weighted by Crippen LogP contribution is 2.30. The second-order valence-electron chi connectivity index (χ2n) is 4.90. The summed E-state index contributed by atoms with van der Waals surface area (Å²) >= 11 is 0. The van der Waals surface area contributed by atoms with E-state index in [-0.39, 0.29) is 12.1 Å². The lowest BCUT2D eigenvalue weighted by atomic mass is 9.97. The van der Waals surface area contributed by atoms with Crippen molar-refractivity contribution >= 4 is 0 Å². The van der Waals surface area contributed by atoms with E-state index in [0.29, 0.717) is 6.61 Å². The molecule has 0 radical (unpaired) electrons. The van der Waals surface area contributed by atoms with E-state index >= 15 is 0 Å². The van der Waals surface area contributed by atoms with Gasteiger partial charge in [-0.3, -0.25) is 4.98 Å². The summed E-state index contributed by atoms with van der Waals surface area (Å²) in [6.07, 6.45) is 4.21. The Labute approximate surface area is 125 Å². The number of nitrogens with zero attached hydrogens (tertiary/aromatic N) is 1. The normalized spacial score (nSPS) is 13.7. The van der Waals surface area contributed by atoms with Gasteiger partial charge in [0.15, 0.2) is 0 Å². The van der Waals surface area contributed by atoms with E-state index in [1.54, 1.807) is 19.5 Å². The molecule has 1 aromatic carbocycles. The van der Waals surface area contributed by atoms with Crippen LogP contribution in [0.15, 0.2) is 48.8 Å². The number of methoxy groups -OCH3 is 1. The lowest BCUT2D eigenvalue weighted by Gasteiger charge is -2.23. The van der Waals surface area contributed by atoms with Gasteiger partial charge in [-0.05, 0) is 23.6 Å². The van der Waals surface area contributed by atoms with Gasteiger partial charge < -0.3 is 15.2 Å². The largest absolute Gasteiger partial charge is 0.492 e. The molecule has 4 nitrogen and oxygen atoms in total. The van der Waals surface area contributed by atoms with Crippen molar-refractivity contribution in [3.63, 3.8) is 0 Å². The van der Waals surface area contributed by atoms with Crippen LogP contribution in [-0.4, -0.2) is 18.7 Å². The third-order valence-electron chi connectivity index (χ3n) is 3.30. The summed E-state index contributed by atoms with van der Waals surface area (Å²) < 4.78 is 11.2. The molecular weight excluding hydrogens is 264 g/mol. The molecular formula is C17H22N2O2. The Bertz CT molecular complexity index is 545. The zero-order chi connectivity index (χ0) is 15.1. The van der Waals surface area contributed by atoms with Crippen LogP contribution in [0.1, 0.15) is 36.6 Å². The SMILES string of the molecule is CCCOc1cncc(C(N)C(OC)c2ccccc2)c1. The molecule has 2 atom stereocenters. The van der Waals surface area contributed by atoms with Gasteiger partial charge in [-0.15, -0.1) is 0 Å². The molecule has 112 valence electrons. The average molecular weight is 286 g/mol. The monoisotopic (exact) mass is 286 g/mol. The number of nitrogens with two attached hydrogens (primary N) is 1. The summed E-state index contributed by atoms with van der Waals surface area (Å²) in [5.41, 5.74) is 8.31. The van der Waals surface area contributed by atoms with Crippen LogP contribution in [0.5, 0.6) is 5.75 Å². The zero-order valence-electron chi connectivity index (χ0n) is 12.5. The number of aromatic nitrogens is 1. The molecule has 2 N–H and O–H groups in total. The molecule has 1 heterocycles. The van der Waals surface area contributed by atoms with Gasteiger partial charge >= 0.3 is 0 Å². The molecule has 0 amide bonds. The first-order chi connectivity index (χ1) is 10.3. The molecule has 0 aliphatic carbocycles. The molecule has 0 spiro atoms. The second kappa shape index (κ2) is 7.76. The topological polar surface area (TPSA) is 57.4 Å². The van der Waals surface area contributed by atoms with Crippen LogP contribution in [0, 0.1) is 0 Å². The maximum absolute atomic E-state index is 6.36.